The zero-order valence-electron chi connectivity index (χ0n) is 16.6. The maximum atomic E-state index is 12.7. The lowest BCUT2D eigenvalue weighted by atomic mass is 9.96. The van der Waals surface area contributed by atoms with E-state index < -0.39 is 0 Å². The number of hydrogen-bond acceptors (Lipinski definition) is 4. The van der Waals surface area contributed by atoms with E-state index >= 15 is 0 Å². The normalized spacial score (nSPS) is 16.5. The van der Waals surface area contributed by atoms with Gasteiger partial charge in [-0.05, 0) is 51.0 Å². The first-order chi connectivity index (χ1) is 13.6. The van der Waals surface area contributed by atoms with Crippen molar-refractivity contribution in [2.75, 3.05) is 36.4 Å². The van der Waals surface area contributed by atoms with Crippen LogP contribution in [0, 0.1) is 5.92 Å². The Morgan fingerprint density at radius 1 is 1.18 bits per heavy atom. The second-order valence-electron chi connectivity index (χ2n) is 7.02. The minimum Gasteiger partial charge on any atom is -0.356 e. The van der Waals surface area contributed by atoms with Crippen LogP contribution in [0.2, 0.25) is 0 Å². The summed E-state index contributed by atoms with van der Waals surface area (Å²) in [6.07, 6.45) is 3.50. The number of amides is 2. The van der Waals surface area contributed by atoms with Gasteiger partial charge in [-0.1, -0.05) is 18.2 Å². The summed E-state index contributed by atoms with van der Waals surface area (Å²) >= 11 is 0. The monoisotopic (exact) mass is 380 g/mol. The molecule has 1 unspecified atom stereocenters. The van der Waals surface area contributed by atoms with Gasteiger partial charge in [0.1, 0.15) is 5.82 Å². The molecule has 0 radical (unpaired) electrons. The average molecular weight is 380 g/mol. The number of benzene rings is 1. The van der Waals surface area contributed by atoms with Gasteiger partial charge in [0.15, 0.2) is 0 Å². The van der Waals surface area contributed by atoms with Gasteiger partial charge >= 0.3 is 0 Å². The Morgan fingerprint density at radius 2 is 1.93 bits per heavy atom. The Hall–Kier alpha value is -2.89. The average Bonchev–Trinajstić information content (AvgIpc) is 2.75. The van der Waals surface area contributed by atoms with Crippen molar-refractivity contribution in [2.24, 2.45) is 5.92 Å². The van der Waals surface area contributed by atoms with E-state index in [2.05, 4.69) is 15.2 Å². The number of rotatable bonds is 6. The van der Waals surface area contributed by atoms with Gasteiger partial charge in [-0.15, -0.1) is 0 Å². The summed E-state index contributed by atoms with van der Waals surface area (Å²) < 4.78 is 0. The van der Waals surface area contributed by atoms with Gasteiger partial charge in [-0.25, -0.2) is 4.98 Å². The molecule has 1 aromatic carbocycles. The molecule has 1 N–H and O–H groups in total. The number of pyridine rings is 1. The maximum absolute atomic E-state index is 12.7. The highest BCUT2D eigenvalue weighted by atomic mass is 16.2. The van der Waals surface area contributed by atoms with Crippen molar-refractivity contribution in [1.29, 1.82) is 0 Å². The number of anilines is 2. The number of nitrogens with one attached hydrogen (secondary N) is 1. The summed E-state index contributed by atoms with van der Waals surface area (Å²) in [5.41, 5.74) is 1.32. The molecule has 1 aliphatic heterocycles. The molecular weight excluding hydrogens is 352 g/mol. The first kappa shape index (κ1) is 19.9. The van der Waals surface area contributed by atoms with E-state index in [1.54, 1.807) is 12.3 Å². The highest BCUT2D eigenvalue weighted by molar-refractivity contribution is 6.04. The van der Waals surface area contributed by atoms with Crippen LogP contribution in [0.25, 0.3) is 0 Å². The number of aromatic nitrogens is 1. The van der Waals surface area contributed by atoms with Crippen LogP contribution in [0.15, 0.2) is 48.7 Å². The van der Waals surface area contributed by atoms with Gasteiger partial charge in [0, 0.05) is 43.6 Å². The fourth-order valence-electron chi connectivity index (χ4n) is 3.64. The fraction of sp³-hybridized carbons (Fsp3) is 0.409. The van der Waals surface area contributed by atoms with Crippen molar-refractivity contribution in [3.63, 3.8) is 0 Å². The summed E-state index contributed by atoms with van der Waals surface area (Å²) in [6, 6.07) is 12.9. The first-order valence-corrected chi connectivity index (χ1v) is 9.98. The third kappa shape index (κ3) is 4.68. The predicted octanol–water partition coefficient (Wildman–Crippen LogP) is 3.42. The van der Waals surface area contributed by atoms with Crippen LogP contribution >= 0.6 is 0 Å². The van der Waals surface area contributed by atoms with Gasteiger partial charge in [0.25, 0.3) is 5.91 Å². The Morgan fingerprint density at radius 3 is 2.64 bits per heavy atom. The molecule has 1 atom stereocenters. The van der Waals surface area contributed by atoms with E-state index in [1.165, 1.54) is 0 Å². The summed E-state index contributed by atoms with van der Waals surface area (Å²) in [5.74, 6) is 0.783. The Labute approximate surface area is 166 Å². The fourth-order valence-corrected chi connectivity index (χ4v) is 3.64. The van der Waals surface area contributed by atoms with Crippen LogP contribution in [0.1, 0.15) is 37.0 Å². The number of carbonyl (C=O) groups is 2. The molecule has 0 spiro atoms. The molecule has 1 saturated heterocycles. The van der Waals surface area contributed by atoms with Gasteiger partial charge < -0.3 is 15.1 Å². The molecule has 148 valence electrons. The Bertz CT molecular complexity index is 805. The number of para-hydroxylation sites is 1. The minimum absolute atomic E-state index is 0.0164. The van der Waals surface area contributed by atoms with Crippen molar-refractivity contribution in [2.45, 2.75) is 26.7 Å². The minimum atomic E-state index is -0.164. The third-order valence-electron chi connectivity index (χ3n) is 5.21. The van der Waals surface area contributed by atoms with Gasteiger partial charge in [0.2, 0.25) is 5.91 Å². The Balaban J connectivity index is 1.70. The lowest BCUT2D eigenvalue weighted by molar-refractivity contribution is -0.135. The molecule has 0 aliphatic carbocycles. The summed E-state index contributed by atoms with van der Waals surface area (Å²) in [5, 5.41) is 2.90. The smallest absolute Gasteiger partial charge is 0.255 e. The van der Waals surface area contributed by atoms with E-state index in [0.717, 1.165) is 44.0 Å². The lowest BCUT2D eigenvalue weighted by Crippen LogP contribution is -2.45. The van der Waals surface area contributed by atoms with Crippen LogP contribution < -0.4 is 10.2 Å². The van der Waals surface area contributed by atoms with Crippen molar-refractivity contribution in [1.82, 2.24) is 9.88 Å². The zero-order valence-corrected chi connectivity index (χ0v) is 16.6. The van der Waals surface area contributed by atoms with Crippen LogP contribution in [0.5, 0.6) is 0 Å². The van der Waals surface area contributed by atoms with Crippen molar-refractivity contribution < 1.29 is 9.59 Å². The molecule has 3 rings (SSSR count). The topological polar surface area (TPSA) is 65.5 Å². The Kier molecular flexibility index (Phi) is 6.63. The summed E-state index contributed by atoms with van der Waals surface area (Å²) in [4.78, 5) is 33.8. The second-order valence-corrected chi connectivity index (χ2v) is 7.02. The standard InChI is InChI=1S/C22H28N4O2/c1-3-25(4-2)22(28)18-9-8-14-26(16-18)20-15-17(12-13-23-20)21(27)24-19-10-6-5-7-11-19/h5-7,10-13,15,18H,3-4,8-9,14,16H2,1-2H3,(H,24,27). The molecule has 1 fully saturated rings. The highest BCUT2D eigenvalue weighted by Crippen LogP contribution is 2.24. The number of carbonyl (C=O) groups excluding carboxylic acids is 2. The second kappa shape index (κ2) is 9.35. The van der Waals surface area contributed by atoms with Crippen molar-refractivity contribution in [3.8, 4) is 0 Å². The van der Waals surface area contributed by atoms with Crippen LogP contribution in [-0.4, -0.2) is 47.9 Å². The molecule has 6 heteroatoms. The molecule has 0 saturated carbocycles. The van der Waals surface area contributed by atoms with Crippen molar-refractivity contribution >= 4 is 23.3 Å². The third-order valence-corrected chi connectivity index (χ3v) is 5.21. The SMILES string of the molecule is CCN(CC)C(=O)C1CCCN(c2cc(C(=O)Nc3ccccc3)ccn2)C1. The zero-order chi connectivity index (χ0) is 19.9. The highest BCUT2D eigenvalue weighted by Gasteiger charge is 2.29. The van der Waals surface area contributed by atoms with E-state index in [4.69, 9.17) is 0 Å². The first-order valence-electron chi connectivity index (χ1n) is 9.98. The quantitative estimate of drug-likeness (QED) is 0.834. The van der Waals surface area contributed by atoms with E-state index in [0.29, 0.717) is 12.1 Å². The van der Waals surface area contributed by atoms with Gasteiger partial charge in [0.05, 0.1) is 5.92 Å². The van der Waals surface area contributed by atoms with Crippen LogP contribution in [0.3, 0.4) is 0 Å². The van der Waals surface area contributed by atoms with Crippen LogP contribution in [-0.2, 0) is 4.79 Å². The van der Waals surface area contributed by atoms with Crippen LogP contribution in [0.4, 0.5) is 11.5 Å². The maximum Gasteiger partial charge on any atom is 0.255 e. The summed E-state index contributed by atoms with van der Waals surface area (Å²) in [7, 11) is 0. The molecule has 6 nitrogen and oxygen atoms in total. The van der Waals surface area contributed by atoms with Gasteiger partial charge in [-0.3, -0.25) is 9.59 Å². The largest absolute Gasteiger partial charge is 0.356 e. The molecule has 0 bridgehead atoms. The number of hydrogen-bond donors (Lipinski definition) is 1. The summed E-state index contributed by atoms with van der Waals surface area (Å²) in [6.45, 7) is 6.99. The molecule has 1 aliphatic rings. The molecule has 2 amide bonds. The molecule has 2 aromatic rings. The lowest BCUT2D eigenvalue weighted by Gasteiger charge is -2.35. The molecule has 2 heterocycles. The molecule has 1 aromatic heterocycles. The molecular formula is C22H28N4O2. The number of nitrogens with zero attached hydrogens (tertiary/aromatic N) is 3. The predicted molar refractivity (Wildman–Crippen MR) is 111 cm³/mol. The van der Waals surface area contributed by atoms with E-state index in [-0.39, 0.29) is 17.7 Å². The van der Waals surface area contributed by atoms with Crippen molar-refractivity contribution in [3.05, 3.63) is 54.2 Å². The van der Waals surface area contributed by atoms with Gasteiger partial charge in [-0.2, -0.15) is 0 Å². The number of piperidine rings is 1. The van der Waals surface area contributed by atoms with E-state index in [1.807, 2.05) is 55.1 Å². The molecule has 28 heavy (non-hydrogen) atoms. The van der Waals surface area contributed by atoms with E-state index in [9.17, 15) is 9.59 Å².